The molecule has 1 N–H and O–H groups in total. The second-order valence-corrected chi connectivity index (χ2v) is 6.08. The summed E-state index contributed by atoms with van der Waals surface area (Å²) < 4.78 is 0. The minimum atomic E-state index is -0.941. The lowest BCUT2D eigenvalue weighted by Gasteiger charge is -2.21. The molecular weight excluding hydrogens is 278 g/mol. The Labute approximate surface area is 129 Å². The molecule has 5 heteroatoms. The topological polar surface area (TPSA) is 63.6 Å². The highest BCUT2D eigenvalue weighted by molar-refractivity contribution is 6.07. The number of aromatic nitrogens is 1. The van der Waals surface area contributed by atoms with Gasteiger partial charge in [0.15, 0.2) is 0 Å². The molecule has 0 saturated carbocycles. The molecule has 0 spiro atoms. The van der Waals surface area contributed by atoms with Crippen LogP contribution in [-0.4, -0.2) is 28.2 Å². The van der Waals surface area contributed by atoms with Crippen LogP contribution in [0.1, 0.15) is 32.8 Å². The van der Waals surface area contributed by atoms with Crippen molar-refractivity contribution in [2.45, 2.75) is 38.8 Å². The molecule has 1 aliphatic heterocycles. The van der Waals surface area contributed by atoms with Crippen molar-refractivity contribution < 1.29 is 9.63 Å². The number of nitrogens with zero attached hydrogens (tertiary/aromatic N) is 2. The summed E-state index contributed by atoms with van der Waals surface area (Å²) in [5, 5.41) is 8.05. The SMILES string of the molecule is CC(C)NC(=O)C1(C)CC(c2ccc3ncccc3c2)=NO1. The fraction of sp³-hybridized carbons (Fsp3) is 0.353. The van der Waals surface area contributed by atoms with Crippen LogP contribution in [0.2, 0.25) is 0 Å². The number of rotatable bonds is 3. The lowest BCUT2D eigenvalue weighted by Crippen LogP contribution is -2.47. The van der Waals surface area contributed by atoms with E-state index in [0.29, 0.717) is 6.42 Å². The first kappa shape index (κ1) is 14.5. The summed E-state index contributed by atoms with van der Waals surface area (Å²) in [6, 6.07) is 9.92. The third-order valence-electron chi connectivity index (χ3n) is 3.70. The highest BCUT2D eigenvalue weighted by atomic mass is 16.7. The summed E-state index contributed by atoms with van der Waals surface area (Å²) in [5.41, 5.74) is 1.74. The monoisotopic (exact) mass is 297 g/mol. The van der Waals surface area contributed by atoms with Gasteiger partial charge in [-0.25, -0.2) is 0 Å². The van der Waals surface area contributed by atoms with Crippen LogP contribution in [0, 0.1) is 0 Å². The van der Waals surface area contributed by atoms with Crippen LogP contribution in [-0.2, 0) is 9.63 Å². The maximum Gasteiger partial charge on any atom is 0.267 e. The molecule has 1 amide bonds. The van der Waals surface area contributed by atoms with Crippen molar-refractivity contribution in [2.75, 3.05) is 0 Å². The highest BCUT2D eigenvalue weighted by Gasteiger charge is 2.42. The number of pyridine rings is 1. The van der Waals surface area contributed by atoms with Crippen LogP contribution in [0.5, 0.6) is 0 Å². The largest absolute Gasteiger partial charge is 0.379 e. The summed E-state index contributed by atoms with van der Waals surface area (Å²) in [7, 11) is 0. The van der Waals surface area contributed by atoms with E-state index in [4.69, 9.17) is 4.84 Å². The second kappa shape index (κ2) is 5.40. The van der Waals surface area contributed by atoms with Crippen LogP contribution in [0.4, 0.5) is 0 Å². The highest BCUT2D eigenvalue weighted by Crippen LogP contribution is 2.28. The molecule has 5 nitrogen and oxygen atoms in total. The number of benzene rings is 1. The quantitative estimate of drug-likeness (QED) is 0.947. The predicted octanol–water partition coefficient (Wildman–Crippen LogP) is 2.64. The molecular formula is C17H19N3O2. The summed E-state index contributed by atoms with van der Waals surface area (Å²) in [6.07, 6.45) is 2.23. The van der Waals surface area contributed by atoms with Crippen LogP contribution >= 0.6 is 0 Å². The van der Waals surface area contributed by atoms with Crippen molar-refractivity contribution in [2.24, 2.45) is 5.16 Å². The first-order chi connectivity index (χ1) is 10.5. The van der Waals surface area contributed by atoms with Gasteiger partial charge in [0.25, 0.3) is 5.91 Å². The maximum absolute atomic E-state index is 12.2. The lowest BCUT2D eigenvalue weighted by atomic mass is 9.94. The van der Waals surface area contributed by atoms with Gasteiger partial charge in [-0.3, -0.25) is 9.78 Å². The van der Waals surface area contributed by atoms with Gasteiger partial charge in [-0.05, 0) is 39.0 Å². The van der Waals surface area contributed by atoms with E-state index in [1.807, 2.05) is 44.2 Å². The van der Waals surface area contributed by atoms with E-state index in [1.165, 1.54) is 0 Å². The Balaban J connectivity index is 1.83. The standard InChI is InChI=1S/C17H19N3O2/c1-11(2)19-16(21)17(3)10-15(20-22-17)13-6-7-14-12(9-13)5-4-8-18-14/h4-9,11H,10H2,1-3H3,(H,19,21). The number of hydrogen-bond donors (Lipinski definition) is 1. The van der Waals surface area contributed by atoms with Gasteiger partial charge in [0.1, 0.15) is 0 Å². The van der Waals surface area contributed by atoms with Gasteiger partial charge in [0.05, 0.1) is 11.2 Å². The van der Waals surface area contributed by atoms with E-state index >= 15 is 0 Å². The van der Waals surface area contributed by atoms with Crippen molar-refractivity contribution in [1.82, 2.24) is 10.3 Å². The molecule has 0 fully saturated rings. The number of carbonyl (C=O) groups is 1. The molecule has 0 bridgehead atoms. The first-order valence-electron chi connectivity index (χ1n) is 7.39. The van der Waals surface area contributed by atoms with Crippen LogP contribution in [0.3, 0.4) is 0 Å². The minimum Gasteiger partial charge on any atom is -0.379 e. The number of oxime groups is 1. The zero-order chi connectivity index (χ0) is 15.7. The molecule has 1 unspecified atom stereocenters. The summed E-state index contributed by atoms with van der Waals surface area (Å²) in [5.74, 6) is -0.135. The molecule has 1 aromatic heterocycles. The number of hydrogen-bond acceptors (Lipinski definition) is 4. The third-order valence-corrected chi connectivity index (χ3v) is 3.70. The Bertz CT molecular complexity index is 754. The van der Waals surface area contributed by atoms with Crippen molar-refractivity contribution in [3.05, 3.63) is 42.1 Å². The van der Waals surface area contributed by atoms with Gasteiger partial charge in [0.2, 0.25) is 5.60 Å². The van der Waals surface area contributed by atoms with E-state index in [2.05, 4.69) is 15.5 Å². The van der Waals surface area contributed by atoms with Gasteiger partial charge < -0.3 is 10.2 Å². The molecule has 1 aromatic carbocycles. The fourth-order valence-corrected chi connectivity index (χ4v) is 2.49. The van der Waals surface area contributed by atoms with Gasteiger partial charge in [-0.15, -0.1) is 0 Å². The van der Waals surface area contributed by atoms with E-state index in [-0.39, 0.29) is 11.9 Å². The maximum atomic E-state index is 12.2. The molecule has 114 valence electrons. The smallest absolute Gasteiger partial charge is 0.267 e. The average Bonchev–Trinajstić information content (AvgIpc) is 2.90. The lowest BCUT2D eigenvalue weighted by molar-refractivity contribution is -0.142. The summed E-state index contributed by atoms with van der Waals surface area (Å²) in [6.45, 7) is 5.62. The second-order valence-electron chi connectivity index (χ2n) is 6.08. The van der Waals surface area contributed by atoms with Crippen molar-refractivity contribution in [3.63, 3.8) is 0 Å². The first-order valence-corrected chi connectivity index (χ1v) is 7.39. The zero-order valence-electron chi connectivity index (χ0n) is 13.0. The molecule has 0 saturated heterocycles. The van der Waals surface area contributed by atoms with Gasteiger partial charge >= 0.3 is 0 Å². The van der Waals surface area contributed by atoms with E-state index in [1.54, 1.807) is 13.1 Å². The van der Waals surface area contributed by atoms with Gasteiger partial charge in [-0.1, -0.05) is 17.3 Å². The van der Waals surface area contributed by atoms with Crippen LogP contribution in [0.15, 0.2) is 41.7 Å². The number of carbonyl (C=O) groups excluding carboxylic acids is 1. The van der Waals surface area contributed by atoms with Gasteiger partial charge in [-0.2, -0.15) is 0 Å². The van der Waals surface area contributed by atoms with Crippen molar-refractivity contribution in [3.8, 4) is 0 Å². The summed E-state index contributed by atoms with van der Waals surface area (Å²) in [4.78, 5) is 22.0. The molecule has 22 heavy (non-hydrogen) atoms. The molecule has 1 aliphatic rings. The Kier molecular flexibility index (Phi) is 3.56. The molecule has 2 aromatic rings. The van der Waals surface area contributed by atoms with E-state index < -0.39 is 5.60 Å². The van der Waals surface area contributed by atoms with Crippen molar-refractivity contribution in [1.29, 1.82) is 0 Å². The number of fused-ring (bicyclic) bond motifs is 1. The average molecular weight is 297 g/mol. The Morgan fingerprint density at radius 1 is 1.36 bits per heavy atom. The van der Waals surface area contributed by atoms with Gasteiger partial charge in [0, 0.05) is 29.6 Å². The molecule has 0 aliphatic carbocycles. The van der Waals surface area contributed by atoms with Crippen molar-refractivity contribution >= 4 is 22.5 Å². The zero-order valence-corrected chi connectivity index (χ0v) is 13.0. The predicted molar refractivity (Wildman–Crippen MR) is 85.7 cm³/mol. The van der Waals surface area contributed by atoms with E-state index in [0.717, 1.165) is 22.2 Å². The Hall–Kier alpha value is -2.43. The normalized spacial score (nSPS) is 20.8. The Morgan fingerprint density at radius 2 is 2.18 bits per heavy atom. The van der Waals surface area contributed by atoms with E-state index in [9.17, 15) is 4.79 Å². The van der Waals surface area contributed by atoms with Crippen LogP contribution in [0.25, 0.3) is 10.9 Å². The fourth-order valence-electron chi connectivity index (χ4n) is 2.49. The summed E-state index contributed by atoms with van der Waals surface area (Å²) >= 11 is 0. The molecule has 3 rings (SSSR count). The molecule has 2 heterocycles. The number of amides is 1. The minimum absolute atomic E-state index is 0.0729. The third kappa shape index (κ3) is 2.66. The Morgan fingerprint density at radius 3 is 2.95 bits per heavy atom. The molecule has 1 atom stereocenters. The number of nitrogens with one attached hydrogen (secondary N) is 1. The molecule has 0 radical (unpaired) electrons. The van der Waals surface area contributed by atoms with Crippen LogP contribution < -0.4 is 5.32 Å².